The van der Waals surface area contributed by atoms with E-state index in [1.54, 1.807) is 0 Å². The summed E-state index contributed by atoms with van der Waals surface area (Å²) in [6.45, 7) is 12.7. The Morgan fingerprint density at radius 1 is 0.649 bits per heavy atom. The Morgan fingerprint density at radius 3 is 1.62 bits per heavy atom. The molecule has 0 spiro atoms. The summed E-state index contributed by atoms with van der Waals surface area (Å²) in [5.41, 5.74) is 3.65. The van der Waals surface area contributed by atoms with Crippen LogP contribution < -0.4 is 20.6 Å². The molecule has 4 aromatic rings. The van der Waals surface area contributed by atoms with Gasteiger partial charge in [-0.1, -0.05) is 130 Å². The minimum absolute atomic E-state index is 0.0720. The summed E-state index contributed by atoms with van der Waals surface area (Å²) in [6, 6.07) is 38.8. The topological polar surface area (TPSA) is 29.1 Å². The fourth-order valence-corrected chi connectivity index (χ4v) is 7.61. The molecule has 0 aromatic heterocycles. The van der Waals surface area contributed by atoms with Gasteiger partial charge in [-0.3, -0.25) is 0 Å². The Bertz CT molecular complexity index is 1280. The van der Waals surface area contributed by atoms with Gasteiger partial charge in [-0.15, -0.1) is 0 Å². The molecule has 1 unspecified atom stereocenters. The number of rotatable bonds is 7. The summed E-state index contributed by atoms with van der Waals surface area (Å²) >= 11 is 0. The molecule has 0 aliphatic rings. The van der Waals surface area contributed by atoms with E-state index in [1.165, 1.54) is 27.0 Å². The largest absolute Gasteiger partial charge is 0.242 e. The second-order valence-electron chi connectivity index (χ2n) is 11.4. The molecule has 4 rings (SSSR count). The van der Waals surface area contributed by atoms with Crippen LogP contribution in [0, 0.1) is 0 Å². The molecule has 4 heteroatoms. The van der Waals surface area contributed by atoms with E-state index in [0.29, 0.717) is 0 Å². The molecular weight excluding hydrogens is 489 g/mol. The lowest BCUT2D eigenvalue weighted by molar-refractivity contribution is 0.589. The highest BCUT2D eigenvalue weighted by Crippen LogP contribution is 2.37. The van der Waals surface area contributed by atoms with Crippen molar-refractivity contribution in [2.24, 2.45) is 0 Å². The van der Waals surface area contributed by atoms with Crippen LogP contribution in [0.1, 0.15) is 64.3 Å². The maximum atomic E-state index is 13.5. The third-order valence-electron chi connectivity index (χ3n) is 6.41. The monoisotopic (exact) mass is 527 g/mol. The first-order valence-electron chi connectivity index (χ1n) is 12.8. The SMILES string of the molecule is CC(C)(C)c1ccc(C(N[S@](=O)C(C)(C)C)c2ccccc2P(c2ccccc2)c2ccccc2)cc1. The molecule has 0 aliphatic carbocycles. The highest BCUT2D eigenvalue weighted by Gasteiger charge is 2.29. The lowest BCUT2D eigenvalue weighted by atomic mass is 9.86. The van der Waals surface area contributed by atoms with Gasteiger partial charge in [0.15, 0.2) is 0 Å². The van der Waals surface area contributed by atoms with Gasteiger partial charge in [0.1, 0.15) is 0 Å². The summed E-state index contributed by atoms with van der Waals surface area (Å²) in [5.74, 6) is 0. The molecule has 0 aliphatic heterocycles. The van der Waals surface area contributed by atoms with Crippen molar-refractivity contribution in [2.75, 3.05) is 0 Å². The van der Waals surface area contributed by atoms with Gasteiger partial charge >= 0.3 is 0 Å². The van der Waals surface area contributed by atoms with Crippen LogP contribution >= 0.6 is 7.92 Å². The van der Waals surface area contributed by atoms with Crippen molar-refractivity contribution in [1.82, 2.24) is 4.72 Å². The van der Waals surface area contributed by atoms with Crippen molar-refractivity contribution in [1.29, 1.82) is 0 Å². The second kappa shape index (κ2) is 11.4. The van der Waals surface area contributed by atoms with Gasteiger partial charge < -0.3 is 0 Å². The number of benzene rings is 4. The molecule has 2 atom stereocenters. The van der Waals surface area contributed by atoms with Crippen LogP contribution in [0.4, 0.5) is 0 Å². The van der Waals surface area contributed by atoms with Crippen molar-refractivity contribution in [3.8, 4) is 0 Å². The first kappa shape index (κ1) is 27.5. The van der Waals surface area contributed by atoms with E-state index in [9.17, 15) is 4.21 Å². The fourth-order valence-electron chi connectivity index (χ4n) is 4.29. The zero-order valence-electron chi connectivity index (χ0n) is 22.7. The Balaban J connectivity index is 1.89. The number of hydrogen-bond donors (Lipinski definition) is 1. The van der Waals surface area contributed by atoms with E-state index in [-0.39, 0.29) is 16.2 Å². The lowest BCUT2D eigenvalue weighted by Crippen LogP contribution is -2.38. The van der Waals surface area contributed by atoms with E-state index < -0.39 is 18.9 Å². The normalized spacial score (nSPS) is 13.9. The average Bonchev–Trinajstić information content (AvgIpc) is 2.88. The smallest absolute Gasteiger partial charge is 0.0979 e. The van der Waals surface area contributed by atoms with Gasteiger partial charge in [0.2, 0.25) is 0 Å². The number of nitrogens with one attached hydrogen (secondary N) is 1. The van der Waals surface area contributed by atoms with Gasteiger partial charge in [0.25, 0.3) is 0 Å². The van der Waals surface area contributed by atoms with E-state index >= 15 is 0 Å². The zero-order valence-corrected chi connectivity index (χ0v) is 24.4. The molecule has 0 bridgehead atoms. The molecule has 0 radical (unpaired) electrons. The van der Waals surface area contributed by atoms with Gasteiger partial charge in [0.05, 0.1) is 21.8 Å². The quantitative estimate of drug-likeness (QED) is 0.261. The Labute approximate surface area is 226 Å². The third-order valence-corrected chi connectivity index (χ3v) is 10.5. The first-order valence-corrected chi connectivity index (χ1v) is 15.3. The highest BCUT2D eigenvalue weighted by atomic mass is 32.2. The maximum Gasteiger partial charge on any atom is 0.0979 e. The Morgan fingerprint density at radius 2 is 1.14 bits per heavy atom. The molecule has 192 valence electrons. The van der Waals surface area contributed by atoms with Crippen LogP contribution in [0.2, 0.25) is 0 Å². The van der Waals surface area contributed by atoms with Gasteiger partial charge in [-0.05, 0) is 66.7 Å². The van der Waals surface area contributed by atoms with E-state index in [4.69, 9.17) is 0 Å². The number of hydrogen-bond acceptors (Lipinski definition) is 1. The average molecular weight is 528 g/mol. The molecule has 0 heterocycles. The zero-order chi connectivity index (χ0) is 26.6. The molecule has 4 aromatic carbocycles. The van der Waals surface area contributed by atoms with Gasteiger partial charge in [0, 0.05) is 0 Å². The van der Waals surface area contributed by atoms with Crippen molar-refractivity contribution < 1.29 is 4.21 Å². The fraction of sp³-hybridized carbons (Fsp3) is 0.273. The molecule has 0 amide bonds. The van der Waals surface area contributed by atoms with E-state index in [0.717, 1.165) is 5.56 Å². The van der Waals surface area contributed by atoms with Gasteiger partial charge in [-0.2, -0.15) is 0 Å². The standard InChI is InChI=1S/C33H38NOPS/c1-32(2,3)26-23-21-25(22-24-26)31(34-37(35)33(4,5)6)29-19-13-14-20-30(29)36(27-15-9-7-10-16-27)28-17-11-8-12-18-28/h7-24,31,34H,1-6H3/t31?,37-/m1/s1. The predicted octanol–water partition coefficient (Wildman–Crippen LogP) is 6.88. The van der Waals surface area contributed by atoms with Crippen molar-refractivity contribution in [2.45, 2.75) is 57.7 Å². The van der Waals surface area contributed by atoms with Crippen molar-refractivity contribution in [3.63, 3.8) is 0 Å². The van der Waals surface area contributed by atoms with E-state index in [1.807, 2.05) is 20.8 Å². The minimum atomic E-state index is -1.24. The molecule has 2 nitrogen and oxygen atoms in total. The third kappa shape index (κ3) is 6.65. The summed E-state index contributed by atoms with van der Waals surface area (Å²) in [6.07, 6.45) is 0. The molecular formula is C33H38NOPS. The Kier molecular flexibility index (Phi) is 8.49. The molecule has 37 heavy (non-hydrogen) atoms. The predicted molar refractivity (Wildman–Crippen MR) is 163 cm³/mol. The van der Waals surface area contributed by atoms with Crippen LogP contribution in [0.5, 0.6) is 0 Å². The molecule has 0 fully saturated rings. The first-order chi connectivity index (χ1) is 17.6. The summed E-state index contributed by atoms with van der Waals surface area (Å²) in [5, 5.41) is 3.88. The lowest BCUT2D eigenvalue weighted by Gasteiger charge is -2.29. The van der Waals surface area contributed by atoms with Crippen molar-refractivity contribution in [3.05, 3.63) is 126 Å². The van der Waals surface area contributed by atoms with Crippen LogP contribution in [0.3, 0.4) is 0 Å². The van der Waals surface area contributed by atoms with Crippen LogP contribution in [0.15, 0.2) is 109 Å². The van der Waals surface area contributed by atoms with Crippen molar-refractivity contribution >= 4 is 34.8 Å². The van der Waals surface area contributed by atoms with Crippen LogP contribution in [0.25, 0.3) is 0 Å². The summed E-state index contributed by atoms with van der Waals surface area (Å²) in [7, 11) is -2.05. The maximum absolute atomic E-state index is 13.5. The highest BCUT2D eigenvalue weighted by molar-refractivity contribution is 7.84. The van der Waals surface area contributed by atoms with E-state index in [2.05, 4.69) is 135 Å². The minimum Gasteiger partial charge on any atom is -0.242 e. The van der Waals surface area contributed by atoms with Gasteiger partial charge in [-0.25, -0.2) is 8.93 Å². The summed E-state index contributed by atoms with van der Waals surface area (Å²) in [4.78, 5) is 0. The molecule has 0 saturated heterocycles. The Hall–Kier alpha value is -2.58. The second-order valence-corrected chi connectivity index (χ2v) is 15.6. The molecule has 0 saturated carbocycles. The molecule has 1 N–H and O–H groups in total. The van der Waals surface area contributed by atoms with Crippen LogP contribution in [-0.2, 0) is 16.4 Å². The van der Waals surface area contributed by atoms with Crippen LogP contribution in [-0.4, -0.2) is 8.96 Å². The summed E-state index contributed by atoms with van der Waals surface area (Å²) < 4.78 is 16.6.